The van der Waals surface area contributed by atoms with E-state index in [1.807, 2.05) is 44.2 Å². The third-order valence-corrected chi connectivity index (χ3v) is 6.12. The molecule has 2 amide bonds. The van der Waals surface area contributed by atoms with Crippen LogP contribution >= 0.6 is 11.8 Å². The van der Waals surface area contributed by atoms with Crippen LogP contribution in [0, 0.1) is 0 Å². The third kappa shape index (κ3) is 4.76. The van der Waals surface area contributed by atoms with Crippen LogP contribution in [-0.4, -0.2) is 28.6 Å². The molecular weight excluding hydrogens is 320 g/mol. The van der Waals surface area contributed by atoms with Gasteiger partial charge in [-0.2, -0.15) is 0 Å². The molecule has 2 N–H and O–H groups in total. The molecule has 2 atom stereocenters. The van der Waals surface area contributed by atoms with Crippen LogP contribution < -0.4 is 10.6 Å². The highest BCUT2D eigenvalue weighted by molar-refractivity contribution is 8.01. The maximum absolute atomic E-state index is 12.9. The van der Waals surface area contributed by atoms with E-state index in [1.54, 1.807) is 18.7 Å². The summed E-state index contributed by atoms with van der Waals surface area (Å²) in [6.07, 6.45) is 4.71. The van der Waals surface area contributed by atoms with Crippen LogP contribution in [-0.2, 0) is 9.59 Å². The summed E-state index contributed by atoms with van der Waals surface area (Å²) in [7, 11) is 0. The minimum absolute atomic E-state index is 0.0133. The van der Waals surface area contributed by atoms with Gasteiger partial charge in [-0.3, -0.25) is 9.59 Å². The lowest BCUT2D eigenvalue weighted by atomic mass is 10.1. The van der Waals surface area contributed by atoms with Crippen LogP contribution in [0.3, 0.4) is 0 Å². The molecule has 24 heavy (non-hydrogen) atoms. The van der Waals surface area contributed by atoms with Gasteiger partial charge in [0.25, 0.3) is 0 Å². The maximum atomic E-state index is 12.9. The van der Waals surface area contributed by atoms with Crippen molar-refractivity contribution in [2.75, 3.05) is 0 Å². The highest BCUT2D eigenvalue weighted by Crippen LogP contribution is 2.45. The van der Waals surface area contributed by atoms with Gasteiger partial charge >= 0.3 is 0 Å². The Hall–Kier alpha value is -1.49. The minimum atomic E-state index is -0.514. The molecule has 0 aliphatic heterocycles. The number of hydrogen-bond acceptors (Lipinski definition) is 3. The van der Waals surface area contributed by atoms with E-state index in [9.17, 15) is 9.59 Å². The molecule has 0 radical (unpaired) electrons. The lowest BCUT2D eigenvalue weighted by Crippen LogP contribution is -2.52. The van der Waals surface area contributed by atoms with Crippen molar-refractivity contribution in [1.82, 2.24) is 10.6 Å². The molecule has 1 saturated carbocycles. The first-order valence-corrected chi connectivity index (χ1v) is 9.64. The van der Waals surface area contributed by atoms with Crippen molar-refractivity contribution in [2.45, 2.75) is 74.6 Å². The van der Waals surface area contributed by atoms with Gasteiger partial charge in [0.1, 0.15) is 6.04 Å². The van der Waals surface area contributed by atoms with Gasteiger partial charge in [0.15, 0.2) is 0 Å². The molecule has 1 aliphatic rings. The van der Waals surface area contributed by atoms with E-state index in [0.717, 1.165) is 37.0 Å². The fourth-order valence-corrected chi connectivity index (χ4v) is 4.29. The Morgan fingerprint density at radius 3 is 2.33 bits per heavy atom. The number of amides is 2. The molecule has 0 aromatic heterocycles. The summed E-state index contributed by atoms with van der Waals surface area (Å²) >= 11 is 1.64. The summed E-state index contributed by atoms with van der Waals surface area (Å²) < 4.78 is -0.452. The third-order valence-electron chi connectivity index (χ3n) is 4.62. The molecule has 0 spiro atoms. The first-order valence-electron chi connectivity index (χ1n) is 8.82. The number of nitrogens with one attached hydrogen (secondary N) is 2. The number of carbonyl (C=O) groups is 2. The Bertz CT molecular complexity index is 556. The summed E-state index contributed by atoms with van der Waals surface area (Å²) in [4.78, 5) is 26.2. The second-order valence-electron chi connectivity index (χ2n) is 6.63. The molecule has 1 fully saturated rings. The summed E-state index contributed by atoms with van der Waals surface area (Å²) in [5.74, 6) is -0.129. The van der Waals surface area contributed by atoms with Crippen LogP contribution in [0.1, 0.15) is 52.9 Å². The Kier molecular flexibility index (Phi) is 6.72. The zero-order valence-electron chi connectivity index (χ0n) is 14.8. The Morgan fingerprint density at radius 1 is 1.12 bits per heavy atom. The van der Waals surface area contributed by atoms with Gasteiger partial charge in [0.2, 0.25) is 11.8 Å². The molecule has 2 rings (SSSR count). The van der Waals surface area contributed by atoms with Crippen LogP contribution in [0.2, 0.25) is 0 Å². The van der Waals surface area contributed by atoms with Gasteiger partial charge in [-0.05, 0) is 45.2 Å². The van der Waals surface area contributed by atoms with Crippen molar-refractivity contribution in [1.29, 1.82) is 0 Å². The van der Waals surface area contributed by atoms with E-state index < -0.39 is 10.8 Å². The first kappa shape index (κ1) is 18.8. The van der Waals surface area contributed by atoms with E-state index in [-0.39, 0.29) is 17.9 Å². The Balaban J connectivity index is 2.02. The molecule has 0 heterocycles. The average Bonchev–Trinajstić information content (AvgIpc) is 3.05. The van der Waals surface area contributed by atoms with Crippen molar-refractivity contribution in [2.24, 2.45) is 0 Å². The van der Waals surface area contributed by atoms with Gasteiger partial charge in [-0.15, -0.1) is 11.8 Å². The van der Waals surface area contributed by atoms with E-state index in [4.69, 9.17) is 0 Å². The molecule has 1 aromatic carbocycles. The van der Waals surface area contributed by atoms with E-state index in [1.165, 1.54) is 0 Å². The molecule has 0 bridgehead atoms. The average molecular weight is 349 g/mol. The SMILES string of the molecule is CCC(C)NC(=O)C(C)NC(=O)C1(Sc2ccccc2)CCCC1. The predicted molar refractivity (Wildman–Crippen MR) is 99.0 cm³/mol. The normalized spacial score (nSPS) is 18.6. The number of benzene rings is 1. The topological polar surface area (TPSA) is 58.2 Å². The number of hydrogen-bond donors (Lipinski definition) is 2. The van der Waals surface area contributed by atoms with Crippen molar-refractivity contribution in [3.05, 3.63) is 30.3 Å². The fraction of sp³-hybridized carbons (Fsp3) is 0.579. The zero-order valence-corrected chi connectivity index (χ0v) is 15.6. The quantitative estimate of drug-likeness (QED) is 0.793. The Morgan fingerprint density at radius 2 is 1.75 bits per heavy atom. The molecule has 5 heteroatoms. The standard InChI is InChI=1S/C19H28N2O2S/c1-4-14(2)20-17(22)15(3)21-18(23)19(12-8-9-13-19)24-16-10-6-5-7-11-16/h5-7,10-11,14-15H,4,8-9,12-13H2,1-3H3,(H,20,22)(H,21,23). The van der Waals surface area contributed by atoms with Gasteiger partial charge in [-0.25, -0.2) is 0 Å². The highest BCUT2D eigenvalue weighted by atomic mass is 32.2. The highest BCUT2D eigenvalue weighted by Gasteiger charge is 2.43. The molecular formula is C19H28N2O2S. The number of carbonyl (C=O) groups excluding carboxylic acids is 2. The maximum Gasteiger partial charge on any atom is 0.242 e. The van der Waals surface area contributed by atoms with Crippen molar-refractivity contribution in [3.63, 3.8) is 0 Å². The van der Waals surface area contributed by atoms with E-state index >= 15 is 0 Å². The molecule has 0 saturated heterocycles. The molecule has 4 nitrogen and oxygen atoms in total. The van der Waals surface area contributed by atoms with Crippen LogP contribution in [0.4, 0.5) is 0 Å². The van der Waals surface area contributed by atoms with Crippen LogP contribution in [0.25, 0.3) is 0 Å². The van der Waals surface area contributed by atoms with Gasteiger partial charge in [0.05, 0.1) is 4.75 Å². The van der Waals surface area contributed by atoms with Gasteiger partial charge in [-0.1, -0.05) is 38.0 Å². The van der Waals surface area contributed by atoms with Crippen molar-refractivity contribution >= 4 is 23.6 Å². The zero-order chi connectivity index (χ0) is 17.6. The summed E-state index contributed by atoms with van der Waals surface area (Å²) in [6.45, 7) is 5.75. The lowest BCUT2D eigenvalue weighted by molar-refractivity contribution is -0.130. The Labute approximate surface area is 149 Å². The lowest BCUT2D eigenvalue weighted by Gasteiger charge is -2.29. The monoisotopic (exact) mass is 348 g/mol. The largest absolute Gasteiger partial charge is 0.352 e. The second kappa shape index (κ2) is 8.56. The smallest absolute Gasteiger partial charge is 0.242 e. The van der Waals surface area contributed by atoms with Crippen LogP contribution in [0.5, 0.6) is 0 Å². The summed E-state index contributed by atoms with van der Waals surface area (Å²) in [6, 6.07) is 9.65. The second-order valence-corrected chi connectivity index (χ2v) is 8.09. The van der Waals surface area contributed by atoms with Crippen molar-refractivity contribution in [3.8, 4) is 0 Å². The fourth-order valence-electron chi connectivity index (χ4n) is 2.90. The van der Waals surface area contributed by atoms with Gasteiger partial charge < -0.3 is 10.6 Å². The van der Waals surface area contributed by atoms with E-state index in [0.29, 0.717) is 0 Å². The van der Waals surface area contributed by atoms with Crippen LogP contribution in [0.15, 0.2) is 35.2 Å². The van der Waals surface area contributed by atoms with Crippen molar-refractivity contribution < 1.29 is 9.59 Å². The number of rotatable bonds is 7. The first-order chi connectivity index (χ1) is 11.5. The molecule has 132 valence electrons. The summed E-state index contributed by atoms with van der Waals surface area (Å²) in [5, 5.41) is 5.87. The van der Waals surface area contributed by atoms with Gasteiger partial charge in [0, 0.05) is 10.9 Å². The predicted octanol–water partition coefficient (Wildman–Crippen LogP) is 3.51. The van der Waals surface area contributed by atoms with E-state index in [2.05, 4.69) is 10.6 Å². The molecule has 1 aliphatic carbocycles. The number of thioether (sulfide) groups is 1. The molecule has 2 unspecified atom stereocenters. The molecule has 1 aromatic rings. The summed E-state index contributed by atoms with van der Waals surface area (Å²) in [5.41, 5.74) is 0. The minimum Gasteiger partial charge on any atom is -0.352 e.